The zero-order valence-electron chi connectivity index (χ0n) is 9.62. The highest BCUT2D eigenvalue weighted by molar-refractivity contribution is 7.26. The van der Waals surface area contributed by atoms with Crippen LogP contribution in [-0.2, 0) is 11.3 Å². The molecule has 0 aromatic carbocycles. The van der Waals surface area contributed by atoms with Crippen molar-refractivity contribution >= 4 is 49.4 Å². The minimum absolute atomic E-state index is 0.324. The molecule has 3 aromatic rings. The van der Waals surface area contributed by atoms with Crippen molar-refractivity contribution in [1.29, 1.82) is 0 Å². The maximum atomic E-state index is 10.7. The van der Waals surface area contributed by atoms with E-state index in [-0.39, 0.29) is 5.24 Å². The summed E-state index contributed by atoms with van der Waals surface area (Å²) >= 11 is 8.14. The van der Waals surface area contributed by atoms with Gasteiger partial charge in [-0.3, -0.25) is 4.79 Å². The number of thiazole rings is 1. The Balaban J connectivity index is 1.82. The van der Waals surface area contributed by atoms with Crippen molar-refractivity contribution in [1.82, 2.24) is 14.6 Å². The molecule has 0 saturated carbocycles. The SMILES string of the molecule is O=C(Cl)CC[n+]1ccc(-c2nc3snnc3s2)cc1. The summed E-state index contributed by atoms with van der Waals surface area (Å²) in [4.78, 5) is 16.9. The van der Waals surface area contributed by atoms with Gasteiger partial charge in [0.1, 0.15) is 5.01 Å². The first kappa shape index (κ1) is 12.6. The minimum Gasteiger partial charge on any atom is -0.281 e. The molecule has 19 heavy (non-hydrogen) atoms. The third kappa shape index (κ3) is 2.78. The Morgan fingerprint density at radius 3 is 2.79 bits per heavy atom. The average Bonchev–Trinajstić information content (AvgIpc) is 2.97. The highest BCUT2D eigenvalue weighted by Gasteiger charge is 2.11. The van der Waals surface area contributed by atoms with Crippen LogP contribution in [0.15, 0.2) is 24.5 Å². The van der Waals surface area contributed by atoms with Crippen molar-refractivity contribution in [2.75, 3.05) is 0 Å². The number of nitrogens with zero attached hydrogens (tertiary/aromatic N) is 4. The number of halogens is 1. The Bertz CT molecular complexity index is 693. The van der Waals surface area contributed by atoms with E-state index < -0.39 is 0 Å². The normalized spacial score (nSPS) is 11.0. The van der Waals surface area contributed by atoms with E-state index in [1.807, 2.05) is 29.1 Å². The highest BCUT2D eigenvalue weighted by Crippen LogP contribution is 2.29. The first-order valence-corrected chi connectivity index (χ1v) is 7.46. The Morgan fingerprint density at radius 1 is 1.32 bits per heavy atom. The third-order valence-electron chi connectivity index (χ3n) is 2.54. The van der Waals surface area contributed by atoms with Gasteiger partial charge in [0, 0.05) is 29.2 Å². The Kier molecular flexibility index (Phi) is 3.50. The number of aromatic nitrogens is 4. The summed E-state index contributed by atoms with van der Waals surface area (Å²) in [5.74, 6) is 0. The lowest BCUT2D eigenvalue weighted by Crippen LogP contribution is -2.33. The molecule has 3 heterocycles. The number of carbonyl (C=O) groups excluding carboxylic acids is 1. The van der Waals surface area contributed by atoms with Gasteiger partial charge in [-0.05, 0) is 11.6 Å². The van der Waals surface area contributed by atoms with Crippen molar-refractivity contribution in [3.05, 3.63) is 24.5 Å². The quantitative estimate of drug-likeness (QED) is 0.548. The standard InChI is InChI=1S/C11H8ClN4OS2/c12-8(17)3-6-16-4-1-7(2-5-16)9-13-10-11(18-9)14-15-19-10/h1-2,4-5H,3,6H2/q+1. The van der Waals surface area contributed by atoms with Crippen molar-refractivity contribution < 1.29 is 9.36 Å². The number of rotatable bonds is 4. The van der Waals surface area contributed by atoms with E-state index in [0.717, 1.165) is 20.2 Å². The molecule has 0 radical (unpaired) electrons. The summed E-state index contributed by atoms with van der Waals surface area (Å²) < 4.78 is 5.76. The van der Waals surface area contributed by atoms with E-state index in [1.54, 1.807) is 0 Å². The molecule has 8 heteroatoms. The van der Waals surface area contributed by atoms with Crippen LogP contribution in [0.2, 0.25) is 0 Å². The van der Waals surface area contributed by atoms with Crippen molar-refractivity contribution in [2.24, 2.45) is 0 Å². The number of hydrogen-bond acceptors (Lipinski definition) is 6. The molecule has 96 valence electrons. The molecule has 0 fully saturated rings. The fourth-order valence-corrected chi connectivity index (χ4v) is 3.28. The molecule has 0 N–H and O–H groups in total. The topological polar surface area (TPSA) is 59.6 Å². The predicted octanol–water partition coefficient (Wildman–Crippen LogP) is 2.26. The molecule has 0 aliphatic carbocycles. The van der Waals surface area contributed by atoms with E-state index >= 15 is 0 Å². The van der Waals surface area contributed by atoms with Gasteiger partial charge in [0.15, 0.2) is 28.6 Å². The fourth-order valence-electron chi connectivity index (χ4n) is 1.61. The highest BCUT2D eigenvalue weighted by atomic mass is 35.5. The van der Waals surface area contributed by atoms with Crippen LogP contribution in [0.3, 0.4) is 0 Å². The predicted molar refractivity (Wildman–Crippen MR) is 74.2 cm³/mol. The number of fused-ring (bicyclic) bond motifs is 1. The van der Waals surface area contributed by atoms with E-state index in [2.05, 4.69) is 14.6 Å². The van der Waals surface area contributed by atoms with E-state index in [1.165, 1.54) is 22.9 Å². The number of aryl methyl sites for hydroxylation is 1. The molecule has 0 aliphatic rings. The summed E-state index contributed by atoms with van der Waals surface area (Å²) in [6.07, 6.45) is 4.15. The van der Waals surface area contributed by atoms with Gasteiger partial charge < -0.3 is 0 Å². The second-order valence-electron chi connectivity index (χ2n) is 3.83. The molecule has 5 nitrogen and oxygen atoms in total. The Hall–Kier alpha value is -1.44. The van der Waals surface area contributed by atoms with Crippen LogP contribution in [0, 0.1) is 0 Å². The van der Waals surface area contributed by atoms with Crippen LogP contribution >= 0.6 is 34.5 Å². The van der Waals surface area contributed by atoms with Crippen LogP contribution < -0.4 is 4.57 Å². The van der Waals surface area contributed by atoms with Gasteiger partial charge in [0.05, 0.1) is 6.42 Å². The van der Waals surface area contributed by atoms with Crippen LogP contribution in [0.25, 0.3) is 20.2 Å². The fraction of sp³-hybridized carbons (Fsp3) is 0.182. The number of carbonyl (C=O) groups is 1. The van der Waals surface area contributed by atoms with Crippen molar-refractivity contribution in [3.8, 4) is 10.6 Å². The molecule has 3 aromatic heterocycles. The lowest BCUT2D eigenvalue weighted by molar-refractivity contribution is -0.695. The lowest BCUT2D eigenvalue weighted by Gasteiger charge is -1.96. The maximum Gasteiger partial charge on any atom is 0.227 e. The molecular weight excluding hydrogens is 304 g/mol. The lowest BCUT2D eigenvalue weighted by atomic mass is 10.3. The summed E-state index contributed by atoms with van der Waals surface area (Å²) in [5.41, 5.74) is 1.03. The summed E-state index contributed by atoms with van der Waals surface area (Å²) in [6.45, 7) is 0.584. The van der Waals surface area contributed by atoms with Gasteiger partial charge in [-0.25, -0.2) is 9.55 Å². The summed E-state index contributed by atoms with van der Waals surface area (Å²) in [6, 6.07) is 3.93. The van der Waals surface area contributed by atoms with E-state index in [0.29, 0.717) is 13.0 Å². The monoisotopic (exact) mass is 311 g/mol. The molecule has 0 unspecified atom stereocenters. The van der Waals surface area contributed by atoms with Crippen molar-refractivity contribution in [2.45, 2.75) is 13.0 Å². The number of hydrogen-bond donors (Lipinski definition) is 0. The molecule has 3 rings (SSSR count). The average molecular weight is 312 g/mol. The maximum absolute atomic E-state index is 10.7. The minimum atomic E-state index is -0.324. The van der Waals surface area contributed by atoms with Gasteiger partial charge >= 0.3 is 0 Å². The summed E-state index contributed by atoms with van der Waals surface area (Å²) in [5, 5.41) is 4.60. The molecule has 0 amide bonds. The Labute approximate surface area is 121 Å². The van der Waals surface area contributed by atoms with Gasteiger partial charge in [-0.15, -0.1) is 5.10 Å². The summed E-state index contributed by atoms with van der Waals surface area (Å²) in [7, 11) is 0. The van der Waals surface area contributed by atoms with Crippen LogP contribution in [0.4, 0.5) is 0 Å². The van der Waals surface area contributed by atoms with Gasteiger partial charge in [0.25, 0.3) is 0 Å². The molecule has 0 spiro atoms. The van der Waals surface area contributed by atoms with Crippen molar-refractivity contribution in [3.63, 3.8) is 0 Å². The second-order valence-corrected chi connectivity index (χ2v) is 5.96. The largest absolute Gasteiger partial charge is 0.281 e. The van der Waals surface area contributed by atoms with Crippen LogP contribution in [-0.4, -0.2) is 19.8 Å². The van der Waals surface area contributed by atoms with E-state index in [9.17, 15) is 4.79 Å². The van der Waals surface area contributed by atoms with E-state index in [4.69, 9.17) is 11.6 Å². The van der Waals surface area contributed by atoms with Gasteiger partial charge in [0.2, 0.25) is 5.24 Å². The third-order valence-corrected chi connectivity index (χ3v) is 4.47. The molecule has 0 aliphatic heterocycles. The second kappa shape index (κ2) is 5.28. The van der Waals surface area contributed by atoms with Crippen LogP contribution in [0.1, 0.15) is 6.42 Å². The Morgan fingerprint density at radius 2 is 2.11 bits per heavy atom. The van der Waals surface area contributed by atoms with Gasteiger partial charge in [-0.1, -0.05) is 15.8 Å². The molecule has 0 saturated heterocycles. The molecular formula is C11H8ClN4OS2+. The number of pyridine rings is 1. The first-order chi connectivity index (χ1) is 9.22. The molecule has 0 atom stereocenters. The van der Waals surface area contributed by atoms with Crippen LogP contribution in [0.5, 0.6) is 0 Å². The zero-order valence-corrected chi connectivity index (χ0v) is 12.0. The molecule has 0 bridgehead atoms. The first-order valence-electron chi connectivity index (χ1n) is 5.49. The van der Waals surface area contributed by atoms with Gasteiger partial charge in [-0.2, -0.15) is 0 Å². The smallest absolute Gasteiger partial charge is 0.227 e. The zero-order chi connectivity index (χ0) is 13.2.